The molecule has 0 saturated carbocycles. The van der Waals surface area contributed by atoms with E-state index >= 15 is 0 Å². The van der Waals surface area contributed by atoms with Gasteiger partial charge in [-0.2, -0.15) is 0 Å². The number of likely N-dealkylation sites (tertiary alicyclic amines) is 1. The van der Waals surface area contributed by atoms with Crippen molar-refractivity contribution in [2.45, 2.75) is 38.8 Å². The fourth-order valence-corrected chi connectivity index (χ4v) is 2.66. The standard InChI is InChI=1S/C16H23N3O3/c1-16(2,3)22-15(21)19-10-12(14(20)18-17)9-13(19)11-7-5-4-6-8-11/h4-8,12-13H,9-10,17H2,1-3H3,(H,18,20). The van der Waals surface area contributed by atoms with E-state index in [1.807, 2.05) is 51.1 Å². The summed E-state index contributed by atoms with van der Waals surface area (Å²) in [5.41, 5.74) is 2.58. The highest BCUT2D eigenvalue weighted by molar-refractivity contribution is 5.80. The van der Waals surface area contributed by atoms with E-state index in [1.165, 1.54) is 0 Å². The van der Waals surface area contributed by atoms with Crippen molar-refractivity contribution in [2.24, 2.45) is 11.8 Å². The Morgan fingerprint density at radius 3 is 2.45 bits per heavy atom. The lowest BCUT2D eigenvalue weighted by Crippen LogP contribution is -2.39. The van der Waals surface area contributed by atoms with Crippen LogP contribution in [0.2, 0.25) is 0 Å². The van der Waals surface area contributed by atoms with Crippen molar-refractivity contribution in [2.75, 3.05) is 6.54 Å². The van der Waals surface area contributed by atoms with E-state index in [2.05, 4.69) is 5.43 Å². The molecular formula is C16H23N3O3. The molecule has 22 heavy (non-hydrogen) atoms. The fourth-order valence-electron chi connectivity index (χ4n) is 2.66. The molecule has 120 valence electrons. The van der Waals surface area contributed by atoms with Crippen LogP contribution in [0.5, 0.6) is 0 Å². The topological polar surface area (TPSA) is 84.7 Å². The van der Waals surface area contributed by atoms with Gasteiger partial charge in [-0.05, 0) is 32.8 Å². The highest BCUT2D eigenvalue weighted by Crippen LogP contribution is 2.36. The average Bonchev–Trinajstić information content (AvgIpc) is 2.91. The van der Waals surface area contributed by atoms with Gasteiger partial charge in [-0.3, -0.25) is 10.2 Å². The molecule has 1 fully saturated rings. The van der Waals surface area contributed by atoms with E-state index in [9.17, 15) is 9.59 Å². The van der Waals surface area contributed by atoms with Gasteiger partial charge in [-0.15, -0.1) is 0 Å². The van der Waals surface area contributed by atoms with Crippen LogP contribution in [0.1, 0.15) is 38.8 Å². The summed E-state index contributed by atoms with van der Waals surface area (Å²) in [6.07, 6.45) is 0.125. The molecule has 0 aromatic heterocycles. The molecule has 0 bridgehead atoms. The Hall–Kier alpha value is -2.08. The van der Waals surface area contributed by atoms with Gasteiger partial charge in [0.2, 0.25) is 5.91 Å². The summed E-state index contributed by atoms with van der Waals surface area (Å²) in [7, 11) is 0. The lowest BCUT2D eigenvalue weighted by Gasteiger charge is -2.28. The Balaban J connectivity index is 2.23. The Labute approximate surface area is 130 Å². The molecule has 1 aromatic rings. The normalized spacial score (nSPS) is 21.5. The molecule has 1 aromatic carbocycles. The van der Waals surface area contributed by atoms with Gasteiger partial charge in [-0.25, -0.2) is 10.6 Å². The third kappa shape index (κ3) is 3.76. The first-order valence-electron chi connectivity index (χ1n) is 7.37. The van der Waals surface area contributed by atoms with Gasteiger partial charge < -0.3 is 9.64 Å². The molecule has 2 rings (SSSR count). The van der Waals surface area contributed by atoms with Crippen molar-refractivity contribution in [3.8, 4) is 0 Å². The van der Waals surface area contributed by atoms with Crippen LogP contribution >= 0.6 is 0 Å². The van der Waals surface area contributed by atoms with Gasteiger partial charge in [0.05, 0.1) is 12.0 Å². The molecule has 1 aliphatic rings. The van der Waals surface area contributed by atoms with Crippen molar-refractivity contribution < 1.29 is 14.3 Å². The predicted octanol–water partition coefficient (Wildman–Crippen LogP) is 1.97. The highest BCUT2D eigenvalue weighted by atomic mass is 16.6. The molecule has 6 heteroatoms. The first-order chi connectivity index (χ1) is 10.3. The summed E-state index contributed by atoms with van der Waals surface area (Å²) < 4.78 is 5.46. The van der Waals surface area contributed by atoms with Crippen molar-refractivity contribution in [3.63, 3.8) is 0 Å². The number of carbonyl (C=O) groups excluding carboxylic acids is 2. The first-order valence-corrected chi connectivity index (χ1v) is 7.37. The maximum Gasteiger partial charge on any atom is 0.410 e. The van der Waals surface area contributed by atoms with E-state index in [0.29, 0.717) is 13.0 Å². The molecule has 2 atom stereocenters. The summed E-state index contributed by atoms with van der Waals surface area (Å²) in [5, 5.41) is 0. The zero-order chi connectivity index (χ0) is 16.3. The summed E-state index contributed by atoms with van der Waals surface area (Å²) in [6.45, 7) is 5.77. The molecule has 6 nitrogen and oxygen atoms in total. The van der Waals surface area contributed by atoms with E-state index in [4.69, 9.17) is 10.6 Å². The smallest absolute Gasteiger partial charge is 0.410 e. The van der Waals surface area contributed by atoms with Gasteiger partial charge in [-0.1, -0.05) is 30.3 Å². The van der Waals surface area contributed by atoms with Gasteiger partial charge in [0, 0.05) is 6.54 Å². The third-order valence-electron chi connectivity index (χ3n) is 3.63. The minimum atomic E-state index is -0.577. The number of hydrogen-bond donors (Lipinski definition) is 2. The SMILES string of the molecule is CC(C)(C)OC(=O)N1CC(C(=O)NN)CC1c1ccccc1. The lowest BCUT2D eigenvalue weighted by molar-refractivity contribution is -0.124. The van der Waals surface area contributed by atoms with Crippen molar-refractivity contribution in [1.29, 1.82) is 0 Å². The van der Waals surface area contributed by atoms with E-state index in [1.54, 1.807) is 4.90 Å². The Morgan fingerprint density at radius 1 is 1.27 bits per heavy atom. The van der Waals surface area contributed by atoms with Gasteiger partial charge in [0.15, 0.2) is 0 Å². The number of hydrogen-bond acceptors (Lipinski definition) is 4. The molecular weight excluding hydrogens is 282 g/mol. The Morgan fingerprint density at radius 2 is 1.91 bits per heavy atom. The maximum atomic E-state index is 12.4. The van der Waals surface area contributed by atoms with E-state index < -0.39 is 11.7 Å². The number of amides is 2. The summed E-state index contributed by atoms with van der Waals surface area (Å²) in [5.74, 6) is 4.64. The molecule has 2 unspecified atom stereocenters. The minimum Gasteiger partial charge on any atom is -0.444 e. The van der Waals surface area contributed by atoms with Gasteiger partial charge in [0.25, 0.3) is 0 Å². The van der Waals surface area contributed by atoms with Crippen LogP contribution in [0.15, 0.2) is 30.3 Å². The molecule has 0 spiro atoms. The van der Waals surface area contributed by atoms with Crippen molar-refractivity contribution in [3.05, 3.63) is 35.9 Å². The second-order valence-electron chi connectivity index (χ2n) is 6.50. The fraction of sp³-hybridized carbons (Fsp3) is 0.500. The first kappa shape index (κ1) is 16.3. The maximum absolute atomic E-state index is 12.4. The zero-order valence-electron chi connectivity index (χ0n) is 13.2. The number of ether oxygens (including phenoxy) is 1. The van der Waals surface area contributed by atoms with Crippen LogP contribution in [0.3, 0.4) is 0 Å². The number of carbonyl (C=O) groups is 2. The summed E-state index contributed by atoms with van der Waals surface area (Å²) >= 11 is 0. The predicted molar refractivity (Wildman–Crippen MR) is 82.6 cm³/mol. The van der Waals surface area contributed by atoms with Crippen molar-refractivity contribution in [1.82, 2.24) is 10.3 Å². The van der Waals surface area contributed by atoms with Crippen LogP contribution < -0.4 is 11.3 Å². The minimum absolute atomic E-state index is 0.182. The number of nitrogens with one attached hydrogen (secondary N) is 1. The summed E-state index contributed by atoms with van der Waals surface area (Å²) in [4.78, 5) is 25.9. The number of hydrazine groups is 1. The largest absolute Gasteiger partial charge is 0.444 e. The number of benzene rings is 1. The number of nitrogens with two attached hydrogens (primary N) is 1. The second kappa shape index (κ2) is 6.36. The molecule has 1 heterocycles. The van der Waals surface area contributed by atoms with Crippen LogP contribution in [-0.2, 0) is 9.53 Å². The molecule has 3 N–H and O–H groups in total. The van der Waals surface area contributed by atoms with Crippen LogP contribution in [0.4, 0.5) is 4.79 Å². The third-order valence-corrected chi connectivity index (χ3v) is 3.63. The average molecular weight is 305 g/mol. The molecule has 2 amide bonds. The Bertz CT molecular complexity index is 539. The van der Waals surface area contributed by atoms with Gasteiger partial charge >= 0.3 is 6.09 Å². The van der Waals surface area contributed by atoms with Crippen molar-refractivity contribution >= 4 is 12.0 Å². The summed E-state index contributed by atoms with van der Waals surface area (Å²) in [6, 6.07) is 9.46. The second-order valence-corrected chi connectivity index (χ2v) is 6.50. The number of nitrogens with zero attached hydrogens (tertiary/aromatic N) is 1. The molecule has 1 saturated heterocycles. The molecule has 0 radical (unpaired) electrons. The van der Waals surface area contributed by atoms with Crippen LogP contribution in [0, 0.1) is 5.92 Å². The van der Waals surface area contributed by atoms with Crippen LogP contribution in [-0.4, -0.2) is 29.0 Å². The molecule has 1 aliphatic heterocycles. The number of rotatable bonds is 2. The van der Waals surface area contributed by atoms with Gasteiger partial charge in [0.1, 0.15) is 5.60 Å². The zero-order valence-corrected chi connectivity index (χ0v) is 13.2. The monoisotopic (exact) mass is 305 g/mol. The quantitative estimate of drug-likeness (QED) is 0.497. The lowest BCUT2D eigenvalue weighted by atomic mass is 9.99. The van der Waals surface area contributed by atoms with E-state index in [-0.39, 0.29) is 17.9 Å². The van der Waals surface area contributed by atoms with E-state index in [0.717, 1.165) is 5.56 Å². The highest BCUT2D eigenvalue weighted by Gasteiger charge is 2.40. The molecule has 0 aliphatic carbocycles. The Kier molecular flexibility index (Phi) is 4.71. The van der Waals surface area contributed by atoms with Crippen LogP contribution in [0.25, 0.3) is 0 Å².